The molecule has 176 valence electrons. The van der Waals surface area contributed by atoms with Gasteiger partial charge in [-0.05, 0) is 67.9 Å². The van der Waals surface area contributed by atoms with Crippen molar-refractivity contribution in [3.05, 3.63) is 83.9 Å². The van der Waals surface area contributed by atoms with Gasteiger partial charge in [-0.2, -0.15) is 0 Å². The number of nitrogens with one attached hydrogen (secondary N) is 2. The SMILES string of the molecule is Cc1ccccc1NC(=O)CCN1C(=S)N[C@H](c2ccccn2)[C@H]1c1cccn1C1CCCC1. The van der Waals surface area contributed by atoms with Gasteiger partial charge in [0.1, 0.15) is 0 Å². The van der Waals surface area contributed by atoms with Crippen molar-refractivity contribution in [3.63, 3.8) is 0 Å². The number of carbonyl (C=O) groups is 1. The monoisotopic (exact) mass is 473 g/mol. The number of pyridine rings is 1. The van der Waals surface area contributed by atoms with Crippen LogP contribution >= 0.6 is 12.2 Å². The predicted molar refractivity (Wildman–Crippen MR) is 139 cm³/mol. The first-order valence-electron chi connectivity index (χ1n) is 12.1. The lowest BCUT2D eigenvalue weighted by atomic mass is 10.0. The van der Waals surface area contributed by atoms with Gasteiger partial charge in [0.05, 0.1) is 17.8 Å². The standard InChI is InChI=1S/C27H31N5OS/c1-19-9-2-5-12-21(19)29-24(33)15-18-32-26(23-14-8-17-31(23)20-10-3-4-11-20)25(30-27(32)34)22-13-6-7-16-28-22/h2,5-9,12-14,16-17,20,25-26H,3-4,10-11,15,18H2,1H3,(H,29,33)(H,30,34)/t25-,26-/m1/s1. The fourth-order valence-electron chi connectivity index (χ4n) is 5.29. The number of anilines is 1. The molecular weight excluding hydrogens is 442 g/mol. The van der Waals surface area contributed by atoms with Crippen molar-refractivity contribution in [2.24, 2.45) is 0 Å². The van der Waals surface area contributed by atoms with E-state index in [1.54, 1.807) is 0 Å². The van der Waals surface area contributed by atoms with Crippen molar-refractivity contribution in [1.29, 1.82) is 0 Å². The van der Waals surface area contributed by atoms with Crippen molar-refractivity contribution in [2.45, 2.75) is 57.2 Å². The summed E-state index contributed by atoms with van der Waals surface area (Å²) in [7, 11) is 0. The predicted octanol–water partition coefficient (Wildman–Crippen LogP) is 5.31. The smallest absolute Gasteiger partial charge is 0.226 e. The van der Waals surface area contributed by atoms with E-state index in [4.69, 9.17) is 12.2 Å². The molecule has 0 unspecified atom stereocenters. The third-order valence-corrected chi connectivity index (χ3v) is 7.38. The lowest BCUT2D eigenvalue weighted by Crippen LogP contribution is -2.33. The van der Waals surface area contributed by atoms with Gasteiger partial charge in [-0.3, -0.25) is 9.78 Å². The van der Waals surface area contributed by atoms with Crippen LogP contribution in [-0.4, -0.2) is 32.0 Å². The molecule has 1 saturated carbocycles. The summed E-state index contributed by atoms with van der Waals surface area (Å²) >= 11 is 5.80. The fourth-order valence-corrected chi connectivity index (χ4v) is 5.62. The van der Waals surface area contributed by atoms with E-state index in [0.717, 1.165) is 16.9 Å². The van der Waals surface area contributed by atoms with E-state index in [1.165, 1.54) is 31.4 Å². The van der Waals surface area contributed by atoms with Gasteiger partial charge < -0.3 is 20.1 Å². The molecule has 1 aliphatic carbocycles. The molecule has 2 aromatic heterocycles. The number of hydrogen-bond acceptors (Lipinski definition) is 3. The van der Waals surface area contributed by atoms with Gasteiger partial charge in [-0.25, -0.2) is 0 Å². The van der Waals surface area contributed by atoms with E-state index in [0.29, 0.717) is 24.1 Å². The maximum Gasteiger partial charge on any atom is 0.226 e. The Morgan fingerprint density at radius 2 is 1.91 bits per heavy atom. The van der Waals surface area contributed by atoms with Gasteiger partial charge in [0, 0.05) is 42.8 Å². The maximum absolute atomic E-state index is 12.8. The summed E-state index contributed by atoms with van der Waals surface area (Å²) in [4.78, 5) is 19.6. The first-order valence-corrected chi connectivity index (χ1v) is 12.5. The highest BCUT2D eigenvalue weighted by molar-refractivity contribution is 7.80. The number of aromatic nitrogens is 2. The molecule has 1 amide bonds. The van der Waals surface area contributed by atoms with E-state index in [-0.39, 0.29) is 18.0 Å². The zero-order chi connectivity index (χ0) is 23.5. The Balaban J connectivity index is 1.40. The first kappa shape index (κ1) is 22.6. The summed E-state index contributed by atoms with van der Waals surface area (Å²) in [6.07, 6.45) is 9.34. The lowest BCUT2D eigenvalue weighted by molar-refractivity contribution is -0.116. The molecule has 6 nitrogen and oxygen atoms in total. The summed E-state index contributed by atoms with van der Waals surface area (Å²) in [6.45, 7) is 2.53. The van der Waals surface area contributed by atoms with Crippen LogP contribution in [0.1, 0.15) is 67.2 Å². The molecular formula is C27H31N5OS. The molecule has 1 aromatic carbocycles. The minimum atomic E-state index is -0.0665. The van der Waals surface area contributed by atoms with Crippen molar-refractivity contribution < 1.29 is 4.79 Å². The zero-order valence-corrected chi connectivity index (χ0v) is 20.3. The minimum absolute atomic E-state index is 0.0108. The number of rotatable bonds is 7. The number of benzene rings is 1. The second-order valence-corrected chi connectivity index (χ2v) is 9.60. The Morgan fingerprint density at radius 1 is 1.12 bits per heavy atom. The van der Waals surface area contributed by atoms with Crippen LogP contribution in [0.4, 0.5) is 5.69 Å². The Bertz CT molecular complexity index is 1150. The Labute approximate surface area is 206 Å². The highest BCUT2D eigenvalue weighted by atomic mass is 32.1. The summed E-state index contributed by atoms with van der Waals surface area (Å²) < 4.78 is 2.43. The molecule has 2 atom stereocenters. The molecule has 2 fully saturated rings. The molecule has 1 aliphatic heterocycles. The summed E-state index contributed by atoms with van der Waals surface area (Å²) in [6, 6.07) is 18.6. The summed E-state index contributed by atoms with van der Waals surface area (Å²) in [5.74, 6) is -0.0108. The second kappa shape index (κ2) is 9.97. The Hall–Kier alpha value is -3.19. The van der Waals surface area contributed by atoms with Crippen molar-refractivity contribution in [3.8, 4) is 0 Å². The van der Waals surface area contributed by atoms with Crippen molar-refractivity contribution in [1.82, 2.24) is 19.8 Å². The number of amides is 1. The van der Waals surface area contributed by atoms with Crippen LogP contribution in [0.2, 0.25) is 0 Å². The van der Waals surface area contributed by atoms with E-state index in [2.05, 4.69) is 43.4 Å². The van der Waals surface area contributed by atoms with E-state index in [1.807, 2.05) is 55.6 Å². The van der Waals surface area contributed by atoms with Crippen LogP contribution in [0.25, 0.3) is 0 Å². The average Bonchev–Trinajstić information content (AvgIpc) is 3.59. The second-order valence-electron chi connectivity index (χ2n) is 9.21. The van der Waals surface area contributed by atoms with E-state index < -0.39 is 0 Å². The normalized spacial score (nSPS) is 20.5. The minimum Gasteiger partial charge on any atom is -0.352 e. The van der Waals surface area contributed by atoms with E-state index >= 15 is 0 Å². The van der Waals surface area contributed by atoms with E-state index in [9.17, 15) is 4.79 Å². The maximum atomic E-state index is 12.8. The molecule has 1 saturated heterocycles. The molecule has 2 aliphatic rings. The number of thiocarbonyl (C=S) groups is 1. The molecule has 5 rings (SSSR count). The zero-order valence-electron chi connectivity index (χ0n) is 19.5. The average molecular weight is 474 g/mol. The van der Waals surface area contributed by atoms with Gasteiger partial charge >= 0.3 is 0 Å². The van der Waals surface area contributed by atoms with Crippen molar-refractivity contribution in [2.75, 3.05) is 11.9 Å². The number of nitrogens with zero attached hydrogens (tertiary/aromatic N) is 3. The largest absolute Gasteiger partial charge is 0.352 e. The number of carbonyl (C=O) groups excluding carboxylic acids is 1. The molecule has 34 heavy (non-hydrogen) atoms. The van der Waals surface area contributed by atoms with Gasteiger partial charge in [0.15, 0.2) is 5.11 Å². The Kier molecular flexibility index (Phi) is 6.63. The molecule has 3 aromatic rings. The van der Waals surface area contributed by atoms with Gasteiger partial charge in [0.2, 0.25) is 5.91 Å². The highest BCUT2D eigenvalue weighted by Gasteiger charge is 2.41. The van der Waals surface area contributed by atoms with Gasteiger partial charge in [0.25, 0.3) is 0 Å². The quantitative estimate of drug-likeness (QED) is 0.456. The number of aryl methyl sites for hydroxylation is 1. The molecule has 0 radical (unpaired) electrons. The molecule has 0 spiro atoms. The van der Waals surface area contributed by atoms with Crippen LogP contribution < -0.4 is 10.6 Å². The first-order chi connectivity index (χ1) is 16.6. The van der Waals surface area contributed by atoms with Crippen LogP contribution in [0.3, 0.4) is 0 Å². The van der Waals surface area contributed by atoms with Crippen LogP contribution in [0, 0.1) is 6.92 Å². The van der Waals surface area contributed by atoms with Gasteiger partial charge in [-0.1, -0.05) is 37.1 Å². The van der Waals surface area contributed by atoms with Crippen LogP contribution in [0.5, 0.6) is 0 Å². The van der Waals surface area contributed by atoms with Gasteiger partial charge in [-0.15, -0.1) is 0 Å². The van der Waals surface area contributed by atoms with Crippen molar-refractivity contribution >= 4 is 28.9 Å². The third kappa shape index (κ3) is 4.57. The lowest BCUT2D eigenvalue weighted by Gasteiger charge is -2.30. The van der Waals surface area contributed by atoms with Crippen LogP contribution in [-0.2, 0) is 4.79 Å². The third-order valence-electron chi connectivity index (χ3n) is 7.03. The number of para-hydroxylation sites is 1. The summed E-state index contributed by atoms with van der Waals surface area (Å²) in [5, 5.41) is 7.23. The summed E-state index contributed by atoms with van der Waals surface area (Å²) in [5.41, 5.74) is 4.10. The number of hydrogen-bond donors (Lipinski definition) is 2. The topological polar surface area (TPSA) is 62.2 Å². The Morgan fingerprint density at radius 3 is 2.68 bits per heavy atom. The molecule has 0 bridgehead atoms. The molecule has 3 heterocycles. The fraction of sp³-hybridized carbons (Fsp3) is 0.370. The molecule has 2 N–H and O–H groups in total. The molecule has 7 heteroatoms. The van der Waals surface area contributed by atoms with Crippen LogP contribution in [0.15, 0.2) is 67.0 Å². The highest BCUT2D eigenvalue weighted by Crippen LogP contribution is 2.41.